The monoisotopic (exact) mass is 454 g/mol. The summed E-state index contributed by atoms with van der Waals surface area (Å²) in [7, 11) is 0. The van der Waals surface area contributed by atoms with Crippen LogP contribution in [0.1, 0.15) is 72.1 Å². The fourth-order valence-electron chi connectivity index (χ4n) is 9.23. The predicted octanol–water partition coefficient (Wildman–Crippen LogP) is 4.53. The van der Waals surface area contributed by atoms with E-state index in [0.29, 0.717) is 42.8 Å². The van der Waals surface area contributed by atoms with Crippen molar-refractivity contribution < 1.29 is 24.1 Å². The van der Waals surface area contributed by atoms with Crippen LogP contribution in [0.25, 0.3) is 0 Å². The van der Waals surface area contributed by atoms with Crippen LogP contribution >= 0.6 is 11.6 Å². The number of rotatable bonds is 3. The number of halogens is 1. The van der Waals surface area contributed by atoms with Gasteiger partial charge >= 0.3 is 5.97 Å². The molecular formula is C25H39ClO5. The highest BCUT2D eigenvalue weighted by Crippen LogP contribution is 2.69. The summed E-state index contributed by atoms with van der Waals surface area (Å²) in [5.74, 6) is 1.37. The van der Waals surface area contributed by atoms with Crippen molar-refractivity contribution in [2.45, 2.75) is 90.1 Å². The van der Waals surface area contributed by atoms with Crippen molar-refractivity contribution in [1.82, 2.24) is 0 Å². The molecular weight excluding hydrogens is 416 g/mol. The Hall–Kier alpha value is -0.360. The second-order valence-electron chi connectivity index (χ2n) is 11.7. The minimum atomic E-state index is -0.534. The first kappa shape index (κ1) is 22.4. The molecule has 9 atom stereocenters. The van der Waals surface area contributed by atoms with Gasteiger partial charge in [0.1, 0.15) is 12.0 Å². The molecule has 5 rings (SSSR count). The van der Waals surface area contributed by atoms with E-state index in [-0.39, 0.29) is 34.9 Å². The zero-order valence-corrected chi connectivity index (χ0v) is 20.0. The van der Waals surface area contributed by atoms with E-state index >= 15 is 0 Å². The van der Waals surface area contributed by atoms with Crippen LogP contribution in [0.5, 0.6) is 0 Å². The Morgan fingerprint density at radius 1 is 1.06 bits per heavy atom. The number of aliphatic hydroxyl groups is 1. The predicted molar refractivity (Wildman–Crippen MR) is 118 cm³/mol. The van der Waals surface area contributed by atoms with Crippen LogP contribution in [0.4, 0.5) is 0 Å². The maximum atomic E-state index is 12.4. The topological polar surface area (TPSA) is 65.0 Å². The van der Waals surface area contributed by atoms with E-state index in [1.165, 1.54) is 12.8 Å². The summed E-state index contributed by atoms with van der Waals surface area (Å²) in [5.41, 5.74) is 0.137. The lowest BCUT2D eigenvalue weighted by molar-refractivity contribution is -0.236. The molecule has 0 amide bonds. The molecule has 31 heavy (non-hydrogen) atoms. The van der Waals surface area contributed by atoms with Crippen LogP contribution in [0.2, 0.25) is 0 Å². The molecule has 0 unspecified atom stereocenters. The maximum Gasteiger partial charge on any atom is 0.321 e. The number of esters is 1. The average molecular weight is 455 g/mol. The van der Waals surface area contributed by atoms with Gasteiger partial charge in [0, 0.05) is 11.8 Å². The lowest BCUT2D eigenvalue weighted by Crippen LogP contribution is -2.61. The maximum absolute atomic E-state index is 12.4. The summed E-state index contributed by atoms with van der Waals surface area (Å²) in [6.07, 6.45) is 7.97. The van der Waals surface area contributed by atoms with E-state index in [0.717, 1.165) is 38.5 Å². The third kappa shape index (κ3) is 3.40. The highest BCUT2D eigenvalue weighted by Gasteiger charge is 2.67. The van der Waals surface area contributed by atoms with Crippen molar-refractivity contribution in [3.63, 3.8) is 0 Å². The molecule has 0 aromatic carbocycles. The SMILES string of the molecule is CC1([C@H]2CC[C@H]3[C@@H]4CC[C@H]5C[C@H](O)CC[C@]5(C)[C@H]4[C@@H](OC(=O)CCl)C[C@]23C)OCCO1. The summed E-state index contributed by atoms with van der Waals surface area (Å²) >= 11 is 5.89. The third-order valence-electron chi connectivity index (χ3n) is 10.4. The van der Waals surface area contributed by atoms with Crippen LogP contribution in [0, 0.1) is 40.4 Å². The molecule has 4 saturated carbocycles. The zero-order valence-electron chi connectivity index (χ0n) is 19.3. The zero-order chi connectivity index (χ0) is 22.0. The second-order valence-corrected chi connectivity index (χ2v) is 12.0. The number of carbonyl (C=O) groups is 1. The Bertz CT molecular complexity index is 708. The van der Waals surface area contributed by atoms with E-state index in [1.54, 1.807) is 0 Å². The lowest BCUT2D eigenvalue weighted by atomic mass is 9.43. The lowest BCUT2D eigenvalue weighted by Gasteiger charge is -2.63. The van der Waals surface area contributed by atoms with Gasteiger partial charge in [0.05, 0.1) is 19.3 Å². The molecule has 0 spiro atoms. The fraction of sp³-hybridized carbons (Fsp3) is 0.960. The fourth-order valence-corrected chi connectivity index (χ4v) is 9.29. The van der Waals surface area contributed by atoms with Crippen LogP contribution in [-0.4, -0.2) is 48.2 Å². The van der Waals surface area contributed by atoms with Gasteiger partial charge in [0.15, 0.2) is 5.79 Å². The number of fused-ring (bicyclic) bond motifs is 5. The number of hydrogen-bond acceptors (Lipinski definition) is 5. The molecule has 176 valence electrons. The number of aliphatic hydroxyl groups excluding tert-OH is 1. The van der Waals surface area contributed by atoms with Gasteiger partial charge in [0.2, 0.25) is 0 Å². The van der Waals surface area contributed by atoms with Crippen LogP contribution in [-0.2, 0) is 19.0 Å². The molecule has 1 aliphatic heterocycles. The standard InChI is InChI=1S/C25H39ClO5/c1-23-9-8-16(27)12-15(23)4-5-17-18-6-7-20(25(3)29-10-11-30-25)24(18,2)13-19(22(17)23)31-21(28)14-26/h15-20,22,27H,4-14H2,1-3H3/t15-,16+,17-,18-,19-,20-,22+,23-,24-/m0/s1. The van der Waals surface area contributed by atoms with Gasteiger partial charge in [0.25, 0.3) is 0 Å². The molecule has 0 radical (unpaired) electrons. The van der Waals surface area contributed by atoms with E-state index in [1.807, 2.05) is 0 Å². The largest absolute Gasteiger partial charge is 0.461 e. The summed E-state index contributed by atoms with van der Waals surface area (Å²) in [4.78, 5) is 12.4. The smallest absolute Gasteiger partial charge is 0.321 e. The Labute approximate surface area is 191 Å². The summed E-state index contributed by atoms with van der Waals surface area (Å²) in [6, 6.07) is 0. The van der Waals surface area contributed by atoms with Gasteiger partial charge in [-0.3, -0.25) is 4.79 Å². The first-order chi connectivity index (χ1) is 14.7. The summed E-state index contributed by atoms with van der Waals surface area (Å²) in [6.45, 7) is 8.26. The van der Waals surface area contributed by atoms with Gasteiger partial charge in [-0.05, 0) is 86.9 Å². The van der Waals surface area contributed by atoms with Crippen molar-refractivity contribution in [3.05, 3.63) is 0 Å². The molecule has 0 bridgehead atoms. The number of alkyl halides is 1. The van der Waals surface area contributed by atoms with E-state index in [9.17, 15) is 9.90 Å². The number of ether oxygens (including phenoxy) is 3. The average Bonchev–Trinajstić information content (AvgIpc) is 3.31. The molecule has 5 aliphatic rings. The first-order valence-electron chi connectivity index (χ1n) is 12.4. The number of hydrogen-bond donors (Lipinski definition) is 1. The molecule has 5 nitrogen and oxygen atoms in total. The molecule has 1 heterocycles. The third-order valence-corrected chi connectivity index (χ3v) is 10.6. The molecule has 0 aromatic rings. The molecule has 0 aromatic heterocycles. The van der Waals surface area contributed by atoms with Crippen molar-refractivity contribution in [1.29, 1.82) is 0 Å². The van der Waals surface area contributed by atoms with E-state index in [2.05, 4.69) is 20.8 Å². The highest BCUT2D eigenvalue weighted by atomic mass is 35.5. The minimum Gasteiger partial charge on any atom is -0.461 e. The summed E-state index contributed by atoms with van der Waals surface area (Å²) in [5, 5.41) is 10.4. The Balaban J connectivity index is 1.51. The van der Waals surface area contributed by atoms with Gasteiger partial charge < -0.3 is 19.3 Å². The van der Waals surface area contributed by atoms with Gasteiger partial charge in [-0.2, -0.15) is 0 Å². The van der Waals surface area contributed by atoms with E-state index < -0.39 is 5.79 Å². The molecule has 1 saturated heterocycles. The van der Waals surface area contributed by atoms with Crippen molar-refractivity contribution in [3.8, 4) is 0 Å². The van der Waals surface area contributed by atoms with Crippen molar-refractivity contribution in [2.24, 2.45) is 40.4 Å². The van der Waals surface area contributed by atoms with Gasteiger partial charge in [-0.15, -0.1) is 11.6 Å². The van der Waals surface area contributed by atoms with Gasteiger partial charge in [-0.1, -0.05) is 13.8 Å². The van der Waals surface area contributed by atoms with Gasteiger partial charge in [-0.25, -0.2) is 0 Å². The Morgan fingerprint density at radius 3 is 2.52 bits per heavy atom. The first-order valence-corrected chi connectivity index (χ1v) is 13.0. The molecule has 5 fully saturated rings. The molecule has 6 heteroatoms. The summed E-state index contributed by atoms with van der Waals surface area (Å²) < 4.78 is 18.5. The Morgan fingerprint density at radius 2 is 1.81 bits per heavy atom. The number of carbonyl (C=O) groups excluding carboxylic acids is 1. The Kier molecular flexibility index (Phi) is 5.68. The normalized spacial score (nSPS) is 50.9. The molecule has 1 N–H and O–H groups in total. The van der Waals surface area contributed by atoms with E-state index in [4.69, 9.17) is 25.8 Å². The van der Waals surface area contributed by atoms with Crippen LogP contribution in [0.3, 0.4) is 0 Å². The second kappa shape index (κ2) is 7.85. The van der Waals surface area contributed by atoms with Crippen LogP contribution < -0.4 is 0 Å². The quantitative estimate of drug-likeness (QED) is 0.501. The minimum absolute atomic E-state index is 0.0227. The van der Waals surface area contributed by atoms with Crippen molar-refractivity contribution in [2.75, 3.05) is 19.1 Å². The van der Waals surface area contributed by atoms with Crippen molar-refractivity contribution >= 4 is 17.6 Å². The van der Waals surface area contributed by atoms with Crippen LogP contribution in [0.15, 0.2) is 0 Å². The molecule has 4 aliphatic carbocycles. The highest BCUT2D eigenvalue weighted by molar-refractivity contribution is 6.26.